The molecule has 0 radical (unpaired) electrons. The third-order valence-electron chi connectivity index (χ3n) is 5.10. The molecular formula is C24H21F2NO4. The number of para-hydroxylation sites is 1. The molecular weight excluding hydrogens is 404 g/mol. The van der Waals surface area contributed by atoms with Crippen molar-refractivity contribution in [2.24, 2.45) is 0 Å². The Morgan fingerprint density at radius 1 is 0.935 bits per heavy atom. The van der Waals surface area contributed by atoms with Crippen LogP contribution in [0.5, 0.6) is 17.2 Å². The van der Waals surface area contributed by atoms with Gasteiger partial charge in [-0.15, -0.1) is 0 Å². The lowest BCUT2D eigenvalue weighted by atomic mass is 9.89. The number of ether oxygens (including phenoxy) is 3. The third-order valence-corrected chi connectivity index (χ3v) is 5.10. The Kier molecular flexibility index (Phi) is 6.02. The molecule has 31 heavy (non-hydrogen) atoms. The molecule has 0 unspecified atom stereocenters. The first-order chi connectivity index (χ1) is 15.1. The zero-order valence-electron chi connectivity index (χ0n) is 16.8. The number of hydrogen-bond donors (Lipinski definition) is 0. The molecule has 3 aromatic rings. The van der Waals surface area contributed by atoms with Gasteiger partial charge in [-0.3, -0.25) is 4.79 Å². The van der Waals surface area contributed by atoms with Gasteiger partial charge in [0, 0.05) is 6.54 Å². The van der Waals surface area contributed by atoms with Crippen molar-refractivity contribution in [1.82, 2.24) is 4.90 Å². The van der Waals surface area contributed by atoms with Crippen LogP contribution in [0, 0.1) is 0 Å². The number of rotatable bonds is 8. The van der Waals surface area contributed by atoms with Gasteiger partial charge in [0.15, 0.2) is 11.5 Å². The molecule has 2 atom stereocenters. The second kappa shape index (κ2) is 9.04. The van der Waals surface area contributed by atoms with Gasteiger partial charge in [-0.2, -0.15) is 8.78 Å². The highest BCUT2D eigenvalue weighted by Crippen LogP contribution is 2.41. The van der Waals surface area contributed by atoms with E-state index in [-0.39, 0.29) is 17.4 Å². The summed E-state index contributed by atoms with van der Waals surface area (Å²) in [5.74, 6) is 0.525. The fourth-order valence-electron chi connectivity index (χ4n) is 3.65. The summed E-state index contributed by atoms with van der Waals surface area (Å²) in [5.41, 5.74) is 1.68. The molecule has 1 aliphatic rings. The van der Waals surface area contributed by atoms with E-state index in [2.05, 4.69) is 4.74 Å². The number of β-lactam (4-membered cyclic amide) rings is 1. The molecule has 160 valence electrons. The van der Waals surface area contributed by atoms with Gasteiger partial charge >= 0.3 is 6.61 Å². The summed E-state index contributed by atoms with van der Waals surface area (Å²) >= 11 is 0. The summed E-state index contributed by atoms with van der Waals surface area (Å²) in [4.78, 5) is 14.7. The quantitative estimate of drug-likeness (QED) is 0.485. The maximum Gasteiger partial charge on any atom is 0.387 e. The molecule has 3 aromatic carbocycles. The Balaban J connectivity index is 1.65. The van der Waals surface area contributed by atoms with Gasteiger partial charge in [-0.25, -0.2) is 0 Å². The number of hydrogen-bond acceptors (Lipinski definition) is 4. The Morgan fingerprint density at radius 3 is 2.26 bits per heavy atom. The van der Waals surface area contributed by atoms with Crippen molar-refractivity contribution in [2.75, 3.05) is 7.11 Å². The number of halogens is 2. The van der Waals surface area contributed by atoms with Crippen molar-refractivity contribution in [2.45, 2.75) is 25.3 Å². The minimum absolute atomic E-state index is 0.0676. The van der Waals surface area contributed by atoms with E-state index in [0.717, 1.165) is 5.56 Å². The van der Waals surface area contributed by atoms with E-state index in [0.29, 0.717) is 17.9 Å². The van der Waals surface area contributed by atoms with Crippen molar-refractivity contribution in [1.29, 1.82) is 0 Å². The lowest BCUT2D eigenvalue weighted by Gasteiger charge is -2.47. The summed E-state index contributed by atoms with van der Waals surface area (Å²) in [7, 11) is 1.38. The first kappa shape index (κ1) is 20.7. The van der Waals surface area contributed by atoms with Crippen LogP contribution in [0.25, 0.3) is 0 Å². The van der Waals surface area contributed by atoms with E-state index < -0.39 is 18.8 Å². The molecule has 5 nitrogen and oxygen atoms in total. The number of likely N-dealkylation sites (tertiary alicyclic amines) is 1. The summed E-state index contributed by atoms with van der Waals surface area (Å²) in [6, 6.07) is 23.0. The number of carbonyl (C=O) groups excluding carboxylic acids is 1. The van der Waals surface area contributed by atoms with Gasteiger partial charge < -0.3 is 19.1 Å². The standard InChI is InChI=1S/C24H21F2NO4/c1-29-20-14-17(12-13-19(20)31-24(25)26)21-22(30-18-10-6-3-7-11-18)23(28)27(21)15-16-8-4-2-5-9-16/h2-14,21-22,24H,15H2,1H3/t21-,22+/m1/s1. The molecule has 0 aliphatic carbocycles. The third kappa shape index (κ3) is 4.45. The molecule has 0 spiro atoms. The first-order valence-electron chi connectivity index (χ1n) is 9.75. The van der Waals surface area contributed by atoms with Crippen molar-refractivity contribution in [3.63, 3.8) is 0 Å². The van der Waals surface area contributed by atoms with E-state index in [1.54, 1.807) is 29.2 Å². The van der Waals surface area contributed by atoms with Gasteiger partial charge in [0.05, 0.1) is 7.11 Å². The number of benzene rings is 3. The van der Waals surface area contributed by atoms with Crippen molar-refractivity contribution < 1.29 is 27.8 Å². The predicted molar refractivity (Wildman–Crippen MR) is 110 cm³/mol. The Labute approximate surface area is 178 Å². The minimum atomic E-state index is -2.96. The van der Waals surface area contributed by atoms with Gasteiger partial charge in [0.25, 0.3) is 5.91 Å². The molecule has 0 aromatic heterocycles. The van der Waals surface area contributed by atoms with Crippen LogP contribution in [0.1, 0.15) is 17.2 Å². The molecule has 0 bridgehead atoms. The lowest BCUT2D eigenvalue weighted by Crippen LogP contribution is -2.60. The van der Waals surface area contributed by atoms with Crippen molar-refractivity contribution >= 4 is 5.91 Å². The van der Waals surface area contributed by atoms with Gasteiger partial charge in [-0.1, -0.05) is 54.6 Å². The Bertz CT molecular complexity index is 979. The molecule has 7 heteroatoms. The summed E-state index contributed by atoms with van der Waals surface area (Å²) < 4.78 is 41.1. The average molecular weight is 425 g/mol. The second-order valence-corrected chi connectivity index (χ2v) is 7.04. The van der Waals surface area contributed by atoms with E-state index in [1.165, 1.54) is 13.2 Å². The Morgan fingerprint density at radius 2 is 1.61 bits per heavy atom. The average Bonchev–Trinajstić information content (AvgIpc) is 2.79. The number of carbonyl (C=O) groups is 1. The van der Waals surface area contributed by atoms with Crippen LogP contribution in [-0.4, -0.2) is 30.6 Å². The molecule has 1 aliphatic heterocycles. The number of nitrogens with zero attached hydrogens (tertiary/aromatic N) is 1. The zero-order chi connectivity index (χ0) is 21.8. The molecule has 0 saturated carbocycles. The highest BCUT2D eigenvalue weighted by atomic mass is 19.3. The fourth-order valence-corrected chi connectivity index (χ4v) is 3.65. The minimum Gasteiger partial charge on any atom is -0.493 e. The second-order valence-electron chi connectivity index (χ2n) is 7.04. The Hall–Kier alpha value is -3.61. The van der Waals surface area contributed by atoms with E-state index in [1.807, 2.05) is 48.5 Å². The molecule has 1 heterocycles. The van der Waals surface area contributed by atoms with E-state index in [4.69, 9.17) is 9.47 Å². The summed E-state index contributed by atoms with van der Waals surface area (Å²) in [6.07, 6.45) is -0.738. The van der Waals surface area contributed by atoms with Crippen molar-refractivity contribution in [3.8, 4) is 17.2 Å². The normalized spacial score (nSPS) is 17.9. The first-order valence-corrected chi connectivity index (χ1v) is 9.75. The zero-order valence-corrected chi connectivity index (χ0v) is 16.8. The van der Waals surface area contributed by atoms with Crippen LogP contribution in [0.4, 0.5) is 8.78 Å². The van der Waals surface area contributed by atoms with Crippen LogP contribution >= 0.6 is 0 Å². The van der Waals surface area contributed by atoms with Crippen molar-refractivity contribution in [3.05, 3.63) is 90.0 Å². The SMILES string of the molecule is COc1cc([C@@H]2[C@H](Oc3ccccc3)C(=O)N2Cc2ccccc2)ccc1OC(F)F. The maximum atomic E-state index is 13.0. The number of amides is 1. The van der Waals surface area contributed by atoms with Gasteiger partial charge in [0.2, 0.25) is 6.10 Å². The monoisotopic (exact) mass is 425 g/mol. The summed E-state index contributed by atoms with van der Waals surface area (Å²) in [5, 5.41) is 0. The molecule has 1 fully saturated rings. The van der Waals surface area contributed by atoms with Crippen LogP contribution in [-0.2, 0) is 11.3 Å². The predicted octanol–water partition coefficient (Wildman–Crippen LogP) is 4.83. The van der Waals surface area contributed by atoms with Gasteiger partial charge in [0.1, 0.15) is 11.8 Å². The lowest BCUT2D eigenvalue weighted by molar-refractivity contribution is -0.165. The number of methoxy groups -OCH3 is 1. The number of alkyl halides is 2. The molecule has 1 saturated heterocycles. The van der Waals surface area contributed by atoms with E-state index in [9.17, 15) is 13.6 Å². The smallest absolute Gasteiger partial charge is 0.387 e. The topological polar surface area (TPSA) is 48.0 Å². The molecule has 4 rings (SSSR count). The van der Waals surface area contributed by atoms with Gasteiger partial charge in [-0.05, 0) is 35.4 Å². The summed E-state index contributed by atoms with van der Waals surface area (Å²) in [6.45, 7) is -2.56. The fraction of sp³-hybridized carbons (Fsp3) is 0.208. The molecule has 0 N–H and O–H groups in total. The largest absolute Gasteiger partial charge is 0.493 e. The molecule has 1 amide bonds. The van der Waals surface area contributed by atoms with Crippen LogP contribution in [0.2, 0.25) is 0 Å². The van der Waals surface area contributed by atoms with E-state index >= 15 is 0 Å². The highest BCUT2D eigenvalue weighted by Gasteiger charge is 2.50. The van der Waals surface area contributed by atoms with Crippen LogP contribution in [0.15, 0.2) is 78.9 Å². The maximum absolute atomic E-state index is 13.0. The van der Waals surface area contributed by atoms with Crippen LogP contribution < -0.4 is 14.2 Å². The highest BCUT2D eigenvalue weighted by molar-refractivity contribution is 5.89. The van der Waals surface area contributed by atoms with Crippen LogP contribution in [0.3, 0.4) is 0 Å².